The number of Topliss-reactive ketones (excluding diaryl/α,β-unsaturated/α-hetero) is 1. The number of nitrogens with one attached hydrogen (secondary N) is 2. The van der Waals surface area contributed by atoms with E-state index in [0.29, 0.717) is 12.0 Å². The Morgan fingerprint density at radius 3 is 2.54 bits per heavy atom. The molecule has 12 nitrogen and oxygen atoms in total. The van der Waals surface area contributed by atoms with Crippen LogP contribution < -0.4 is 10.6 Å². The number of nitrogens with zero attached hydrogens (tertiary/aromatic N) is 3. The van der Waals surface area contributed by atoms with Crippen LogP contribution in [0.2, 0.25) is 0 Å². The number of hydrogen-bond donors (Lipinski definition) is 3. The first-order chi connectivity index (χ1) is 16.7. The first-order valence-corrected chi connectivity index (χ1v) is 11.2. The Morgan fingerprint density at radius 1 is 1.17 bits per heavy atom. The maximum atomic E-state index is 13.5. The number of carboxylic acid groups (broad SMARTS) is 1. The summed E-state index contributed by atoms with van der Waals surface area (Å²) in [4.78, 5) is 78.4. The summed E-state index contributed by atoms with van der Waals surface area (Å²) in [7, 11) is 1.41. The van der Waals surface area contributed by atoms with Crippen molar-refractivity contribution in [1.29, 1.82) is 0 Å². The Labute approximate surface area is 201 Å². The van der Waals surface area contributed by atoms with Gasteiger partial charge in [-0.1, -0.05) is 18.2 Å². The van der Waals surface area contributed by atoms with Crippen molar-refractivity contribution in [1.82, 2.24) is 20.7 Å². The number of amides is 4. The third kappa shape index (κ3) is 6.08. The average molecular weight is 485 g/mol. The van der Waals surface area contributed by atoms with Crippen molar-refractivity contribution in [2.75, 3.05) is 13.6 Å². The van der Waals surface area contributed by atoms with Crippen LogP contribution in [0.15, 0.2) is 35.3 Å². The molecule has 3 atom stereocenters. The van der Waals surface area contributed by atoms with E-state index >= 15 is 0 Å². The van der Waals surface area contributed by atoms with Gasteiger partial charge in [-0.3, -0.25) is 34.0 Å². The fourth-order valence-electron chi connectivity index (χ4n) is 4.12. The van der Waals surface area contributed by atoms with Crippen LogP contribution >= 0.6 is 0 Å². The van der Waals surface area contributed by atoms with E-state index in [0.717, 1.165) is 5.01 Å². The third-order valence-electron chi connectivity index (χ3n) is 5.81. The average Bonchev–Trinajstić information content (AvgIpc) is 2.96. The van der Waals surface area contributed by atoms with Crippen LogP contribution in [0.3, 0.4) is 0 Å². The van der Waals surface area contributed by atoms with Crippen LogP contribution in [0.25, 0.3) is 0 Å². The van der Waals surface area contributed by atoms with Gasteiger partial charge in [0.1, 0.15) is 12.1 Å². The quantitative estimate of drug-likeness (QED) is 0.331. The maximum absolute atomic E-state index is 13.5. The molecule has 4 amide bonds. The number of ketones is 1. The Balaban J connectivity index is 1.80. The SMILES string of the molecule is C/N=C/[C@H](CC(=O)C(=O)O)NC(=O)[C@@H]1CCCN2C(=O)CC[C@H](NC(=O)c3ccccc3)C(=O)N12. The molecule has 12 heteroatoms. The van der Waals surface area contributed by atoms with E-state index < -0.39 is 54.0 Å². The molecule has 3 N–H and O–H groups in total. The molecule has 2 saturated heterocycles. The highest BCUT2D eigenvalue weighted by Gasteiger charge is 2.44. The number of carbonyl (C=O) groups is 6. The highest BCUT2D eigenvalue weighted by molar-refractivity contribution is 6.33. The highest BCUT2D eigenvalue weighted by atomic mass is 16.4. The van der Waals surface area contributed by atoms with E-state index in [9.17, 15) is 28.8 Å². The lowest BCUT2D eigenvalue weighted by atomic mass is 10.0. The van der Waals surface area contributed by atoms with E-state index in [1.54, 1.807) is 30.3 Å². The van der Waals surface area contributed by atoms with Gasteiger partial charge in [0.2, 0.25) is 17.6 Å². The van der Waals surface area contributed by atoms with E-state index in [1.165, 1.54) is 18.3 Å². The minimum Gasteiger partial charge on any atom is -0.475 e. The van der Waals surface area contributed by atoms with Crippen molar-refractivity contribution in [2.45, 2.75) is 50.2 Å². The zero-order chi connectivity index (χ0) is 25.5. The minimum absolute atomic E-state index is 0.00848. The summed E-state index contributed by atoms with van der Waals surface area (Å²) in [5.74, 6) is -4.82. The second kappa shape index (κ2) is 11.4. The summed E-state index contributed by atoms with van der Waals surface area (Å²) in [5.41, 5.74) is 0.352. The molecule has 1 aromatic carbocycles. The van der Waals surface area contributed by atoms with Crippen LogP contribution in [-0.2, 0) is 24.0 Å². The molecule has 186 valence electrons. The molecule has 1 aromatic rings. The molecule has 35 heavy (non-hydrogen) atoms. The molecule has 3 rings (SSSR count). The summed E-state index contributed by atoms with van der Waals surface area (Å²) in [6.07, 6.45) is 1.50. The fourth-order valence-corrected chi connectivity index (χ4v) is 4.12. The second-order valence-electron chi connectivity index (χ2n) is 8.24. The Kier molecular flexibility index (Phi) is 8.29. The van der Waals surface area contributed by atoms with Crippen molar-refractivity contribution in [2.24, 2.45) is 4.99 Å². The molecule has 0 unspecified atom stereocenters. The van der Waals surface area contributed by atoms with Gasteiger partial charge in [0.05, 0.1) is 6.04 Å². The number of carboxylic acids is 1. The van der Waals surface area contributed by atoms with Crippen molar-refractivity contribution in [3.8, 4) is 0 Å². The highest BCUT2D eigenvalue weighted by Crippen LogP contribution is 2.25. The van der Waals surface area contributed by atoms with Gasteiger partial charge in [-0.05, 0) is 31.4 Å². The number of carbonyl (C=O) groups excluding carboxylic acids is 5. The number of aliphatic imine (C=N–C) groups is 1. The number of hydrazine groups is 1. The normalized spacial score (nSPS) is 21.2. The number of rotatable bonds is 8. The lowest BCUT2D eigenvalue weighted by molar-refractivity contribution is -0.176. The molecular weight excluding hydrogens is 458 g/mol. The van der Waals surface area contributed by atoms with Crippen LogP contribution in [0, 0.1) is 0 Å². The topological polar surface area (TPSA) is 166 Å². The number of fused-ring (bicyclic) bond motifs is 1. The van der Waals surface area contributed by atoms with Crippen molar-refractivity contribution in [3.05, 3.63) is 35.9 Å². The predicted octanol–water partition coefficient (Wildman–Crippen LogP) is -0.457. The lowest BCUT2D eigenvalue weighted by Crippen LogP contribution is -2.64. The summed E-state index contributed by atoms with van der Waals surface area (Å²) in [5, 5.41) is 16.4. The van der Waals surface area contributed by atoms with Gasteiger partial charge in [0.15, 0.2) is 0 Å². The van der Waals surface area contributed by atoms with Crippen LogP contribution in [0.4, 0.5) is 0 Å². The van der Waals surface area contributed by atoms with E-state index in [2.05, 4.69) is 15.6 Å². The van der Waals surface area contributed by atoms with Crippen LogP contribution in [0.5, 0.6) is 0 Å². The van der Waals surface area contributed by atoms with E-state index in [4.69, 9.17) is 5.11 Å². The monoisotopic (exact) mass is 485 g/mol. The van der Waals surface area contributed by atoms with E-state index in [-0.39, 0.29) is 31.7 Å². The smallest absolute Gasteiger partial charge is 0.372 e. The standard InChI is InChI=1S/C23H27N5O7/c1-24-13-15(12-18(29)23(34)35)25-21(32)17-8-5-11-27-19(30)10-9-16(22(33)28(17)27)26-20(31)14-6-3-2-4-7-14/h2-4,6-7,13,15-17H,5,8-12H2,1H3,(H,25,32)(H,26,31)(H,34,35)/b24-13+/t15-,16-,17-/m0/s1. The van der Waals surface area contributed by atoms with Crippen molar-refractivity contribution in [3.63, 3.8) is 0 Å². The minimum atomic E-state index is -1.64. The first-order valence-electron chi connectivity index (χ1n) is 11.2. The Bertz CT molecular complexity index is 1040. The molecule has 0 radical (unpaired) electrons. The van der Waals surface area contributed by atoms with Crippen molar-refractivity contribution >= 4 is 41.6 Å². The predicted molar refractivity (Wildman–Crippen MR) is 122 cm³/mol. The second-order valence-corrected chi connectivity index (χ2v) is 8.24. The Hall–Kier alpha value is -4.09. The molecule has 0 aliphatic carbocycles. The summed E-state index contributed by atoms with van der Waals surface area (Å²) >= 11 is 0. The molecular formula is C23H27N5O7. The zero-order valence-electron chi connectivity index (χ0n) is 19.2. The molecule has 0 aromatic heterocycles. The molecule has 2 aliphatic heterocycles. The largest absolute Gasteiger partial charge is 0.475 e. The first kappa shape index (κ1) is 25.5. The van der Waals surface area contributed by atoms with Crippen LogP contribution in [-0.4, -0.2) is 88.4 Å². The maximum Gasteiger partial charge on any atom is 0.372 e. The lowest BCUT2D eigenvalue weighted by Gasteiger charge is -2.43. The molecule has 2 fully saturated rings. The fraction of sp³-hybridized carbons (Fsp3) is 0.435. The van der Waals surface area contributed by atoms with Gasteiger partial charge in [0, 0.05) is 38.2 Å². The number of benzene rings is 1. The summed E-state index contributed by atoms with van der Waals surface area (Å²) in [6.45, 7) is 0.241. The number of aliphatic carboxylic acids is 1. The van der Waals surface area contributed by atoms with Gasteiger partial charge in [-0.25, -0.2) is 9.80 Å². The summed E-state index contributed by atoms with van der Waals surface area (Å²) < 4.78 is 0. The van der Waals surface area contributed by atoms with Gasteiger partial charge in [-0.2, -0.15) is 0 Å². The Morgan fingerprint density at radius 2 is 1.89 bits per heavy atom. The van der Waals surface area contributed by atoms with Gasteiger partial charge < -0.3 is 15.7 Å². The summed E-state index contributed by atoms with van der Waals surface area (Å²) in [6, 6.07) is 5.21. The molecule has 2 aliphatic rings. The molecule has 0 saturated carbocycles. The molecule has 0 bridgehead atoms. The molecule has 0 spiro atoms. The van der Waals surface area contributed by atoms with E-state index in [1.807, 2.05) is 0 Å². The third-order valence-corrected chi connectivity index (χ3v) is 5.81. The molecule has 2 heterocycles. The van der Waals surface area contributed by atoms with Crippen molar-refractivity contribution < 1.29 is 33.9 Å². The van der Waals surface area contributed by atoms with Gasteiger partial charge in [-0.15, -0.1) is 0 Å². The zero-order valence-corrected chi connectivity index (χ0v) is 19.2. The van der Waals surface area contributed by atoms with Gasteiger partial charge in [0.25, 0.3) is 11.8 Å². The number of hydrogen-bond acceptors (Lipinski definition) is 7. The van der Waals surface area contributed by atoms with Gasteiger partial charge >= 0.3 is 5.97 Å². The van der Waals surface area contributed by atoms with Crippen LogP contribution in [0.1, 0.15) is 42.5 Å².